The molecule has 3 fully saturated rings. The molecule has 3 saturated heterocycles. The minimum absolute atomic E-state index is 0.134. The molecule has 4 nitrogen and oxygen atoms in total. The number of halogens is 3. The first-order valence-electron chi connectivity index (χ1n) is 8.36. The van der Waals surface area contributed by atoms with Gasteiger partial charge in [-0.05, 0) is 12.5 Å². The van der Waals surface area contributed by atoms with Crippen LogP contribution in [0.5, 0.6) is 0 Å². The average molecular weight is 342 g/mol. The van der Waals surface area contributed by atoms with Crippen molar-refractivity contribution in [2.45, 2.75) is 24.6 Å². The zero-order valence-corrected chi connectivity index (χ0v) is 13.3. The molecule has 24 heavy (non-hydrogen) atoms. The van der Waals surface area contributed by atoms with Crippen LogP contribution in [0.2, 0.25) is 0 Å². The normalized spacial score (nSPS) is 36.9. The summed E-state index contributed by atoms with van der Waals surface area (Å²) in [5, 5.41) is 0. The van der Waals surface area contributed by atoms with E-state index >= 15 is 0 Å². The molecule has 3 aliphatic heterocycles. The second-order valence-corrected chi connectivity index (χ2v) is 7.11. The first-order valence-corrected chi connectivity index (χ1v) is 8.36. The molecule has 2 N–H and O–H groups in total. The first kappa shape index (κ1) is 16.3. The van der Waals surface area contributed by atoms with Gasteiger partial charge in [0.1, 0.15) is 11.9 Å². The Labute approximate surface area is 138 Å². The molecule has 0 bridgehead atoms. The zero-order valence-electron chi connectivity index (χ0n) is 13.3. The van der Waals surface area contributed by atoms with E-state index in [2.05, 4.69) is 4.90 Å². The van der Waals surface area contributed by atoms with Crippen LogP contribution in [-0.4, -0.2) is 49.9 Å². The maximum atomic E-state index is 14.0. The standard InChI is InChI=1S/C17H21F3N2O2/c18-11-1-13(16(20)14(19)2-11)17-15(21)3-12(8-24-17)22-4-9-6-23-7-10(9)5-22/h1-2,9-10,12,15,17H,3-8,21H2/t9?,10?,12-,15+,17-/m1/s1. The lowest BCUT2D eigenvalue weighted by Crippen LogP contribution is -2.49. The number of hydrogen-bond acceptors (Lipinski definition) is 4. The Hall–Kier alpha value is -1.15. The maximum absolute atomic E-state index is 14.0. The topological polar surface area (TPSA) is 47.7 Å². The van der Waals surface area contributed by atoms with Gasteiger partial charge in [-0.15, -0.1) is 0 Å². The van der Waals surface area contributed by atoms with Crippen molar-refractivity contribution in [3.63, 3.8) is 0 Å². The van der Waals surface area contributed by atoms with E-state index < -0.39 is 29.6 Å². The molecule has 2 unspecified atom stereocenters. The van der Waals surface area contributed by atoms with Crippen LogP contribution in [-0.2, 0) is 9.47 Å². The highest BCUT2D eigenvalue weighted by molar-refractivity contribution is 5.24. The Kier molecular flexibility index (Phi) is 4.28. The van der Waals surface area contributed by atoms with E-state index in [1.54, 1.807) is 0 Å². The molecular formula is C17H21F3N2O2. The molecule has 3 heterocycles. The van der Waals surface area contributed by atoms with E-state index in [1.807, 2.05) is 0 Å². The predicted octanol–water partition coefficient (Wildman–Crippen LogP) is 1.84. The van der Waals surface area contributed by atoms with Crippen molar-refractivity contribution < 1.29 is 22.6 Å². The van der Waals surface area contributed by atoms with Gasteiger partial charge in [-0.25, -0.2) is 13.2 Å². The second kappa shape index (κ2) is 6.29. The van der Waals surface area contributed by atoms with Gasteiger partial charge in [0.15, 0.2) is 11.6 Å². The van der Waals surface area contributed by atoms with Crippen LogP contribution < -0.4 is 5.73 Å². The molecule has 4 rings (SSSR count). The Balaban J connectivity index is 1.45. The van der Waals surface area contributed by atoms with Gasteiger partial charge in [0, 0.05) is 48.6 Å². The predicted molar refractivity (Wildman–Crippen MR) is 80.8 cm³/mol. The van der Waals surface area contributed by atoms with Crippen molar-refractivity contribution in [3.8, 4) is 0 Å². The van der Waals surface area contributed by atoms with Crippen molar-refractivity contribution in [2.24, 2.45) is 17.6 Å². The van der Waals surface area contributed by atoms with Crippen LogP contribution in [0.4, 0.5) is 13.2 Å². The molecule has 0 radical (unpaired) electrons. The lowest BCUT2D eigenvalue weighted by Gasteiger charge is -2.39. The monoisotopic (exact) mass is 342 g/mol. The highest BCUT2D eigenvalue weighted by atomic mass is 19.2. The Morgan fingerprint density at radius 2 is 1.75 bits per heavy atom. The summed E-state index contributed by atoms with van der Waals surface area (Å²) in [6.45, 7) is 3.91. The molecule has 1 aromatic rings. The summed E-state index contributed by atoms with van der Waals surface area (Å²) in [6, 6.07) is 1.15. The number of fused-ring (bicyclic) bond motifs is 1. The average Bonchev–Trinajstić information content (AvgIpc) is 3.12. The highest BCUT2D eigenvalue weighted by Crippen LogP contribution is 2.36. The van der Waals surface area contributed by atoms with Crippen molar-refractivity contribution in [1.82, 2.24) is 4.90 Å². The summed E-state index contributed by atoms with van der Waals surface area (Å²) in [7, 11) is 0. The Bertz CT molecular complexity index is 618. The van der Waals surface area contributed by atoms with Crippen LogP contribution in [0.1, 0.15) is 18.1 Å². The van der Waals surface area contributed by atoms with Crippen LogP contribution >= 0.6 is 0 Å². The number of rotatable bonds is 2. The van der Waals surface area contributed by atoms with E-state index in [-0.39, 0.29) is 11.6 Å². The van der Waals surface area contributed by atoms with Crippen molar-refractivity contribution in [2.75, 3.05) is 32.9 Å². The van der Waals surface area contributed by atoms with Gasteiger partial charge in [-0.3, -0.25) is 4.90 Å². The minimum Gasteiger partial charge on any atom is -0.381 e. The van der Waals surface area contributed by atoms with E-state index in [9.17, 15) is 13.2 Å². The highest BCUT2D eigenvalue weighted by Gasteiger charge is 2.42. The smallest absolute Gasteiger partial charge is 0.164 e. The Morgan fingerprint density at radius 3 is 2.42 bits per heavy atom. The van der Waals surface area contributed by atoms with Crippen molar-refractivity contribution >= 4 is 0 Å². The van der Waals surface area contributed by atoms with E-state index in [1.165, 1.54) is 0 Å². The van der Waals surface area contributed by atoms with E-state index in [0.29, 0.717) is 30.9 Å². The third kappa shape index (κ3) is 2.83. The molecular weight excluding hydrogens is 321 g/mol. The first-order chi connectivity index (χ1) is 11.5. The summed E-state index contributed by atoms with van der Waals surface area (Å²) in [5.41, 5.74) is 6.03. The third-order valence-electron chi connectivity index (χ3n) is 5.51. The largest absolute Gasteiger partial charge is 0.381 e. The quantitative estimate of drug-likeness (QED) is 0.833. The molecule has 0 aromatic heterocycles. The number of benzene rings is 1. The molecule has 0 aliphatic carbocycles. The van der Waals surface area contributed by atoms with Crippen LogP contribution in [0.3, 0.4) is 0 Å². The van der Waals surface area contributed by atoms with Crippen molar-refractivity contribution in [1.29, 1.82) is 0 Å². The van der Waals surface area contributed by atoms with Gasteiger partial charge in [-0.2, -0.15) is 0 Å². The fourth-order valence-electron chi connectivity index (χ4n) is 4.22. The van der Waals surface area contributed by atoms with Crippen LogP contribution in [0.25, 0.3) is 0 Å². The molecule has 3 aliphatic rings. The maximum Gasteiger partial charge on any atom is 0.164 e. The molecule has 0 spiro atoms. The van der Waals surface area contributed by atoms with Crippen LogP contribution in [0.15, 0.2) is 12.1 Å². The van der Waals surface area contributed by atoms with Crippen molar-refractivity contribution in [3.05, 3.63) is 35.1 Å². The molecule has 132 valence electrons. The lowest BCUT2D eigenvalue weighted by molar-refractivity contribution is -0.0500. The van der Waals surface area contributed by atoms with Crippen LogP contribution in [0, 0.1) is 29.3 Å². The zero-order chi connectivity index (χ0) is 16.8. The number of likely N-dealkylation sites (tertiary alicyclic amines) is 1. The molecule has 7 heteroatoms. The molecule has 5 atom stereocenters. The van der Waals surface area contributed by atoms with Gasteiger partial charge >= 0.3 is 0 Å². The number of nitrogens with zero attached hydrogens (tertiary/aromatic N) is 1. The molecule has 0 saturated carbocycles. The second-order valence-electron chi connectivity index (χ2n) is 7.11. The van der Waals surface area contributed by atoms with Gasteiger partial charge in [0.2, 0.25) is 0 Å². The lowest BCUT2D eigenvalue weighted by atomic mass is 9.93. The van der Waals surface area contributed by atoms with Gasteiger partial charge < -0.3 is 15.2 Å². The summed E-state index contributed by atoms with van der Waals surface area (Å²) < 4.78 is 52.1. The number of nitrogens with two attached hydrogens (primary N) is 1. The van der Waals surface area contributed by atoms with Gasteiger partial charge in [0.25, 0.3) is 0 Å². The molecule has 1 aromatic carbocycles. The SMILES string of the molecule is N[C@H]1C[C@@H](N2CC3COCC3C2)CO[C@@H]1c1cc(F)cc(F)c1F. The van der Waals surface area contributed by atoms with E-state index in [4.69, 9.17) is 15.2 Å². The Morgan fingerprint density at radius 1 is 1.04 bits per heavy atom. The summed E-state index contributed by atoms with van der Waals surface area (Å²) in [4.78, 5) is 2.36. The number of hydrogen-bond donors (Lipinski definition) is 1. The summed E-state index contributed by atoms with van der Waals surface area (Å²) in [5.74, 6) is -1.99. The third-order valence-corrected chi connectivity index (χ3v) is 5.51. The molecule has 0 amide bonds. The summed E-state index contributed by atoms with van der Waals surface area (Å²) >= 11 is 0. The number of ether oxygens (including phenoxy) is 2. The minimum atomic E-state index is -1.21. The van der Waals surface area contributed by atoms with Gasteiger partial charge in [0.05, 0.1) is 19.8 Å². The summed E-state index contributed by atoms with van der Waals surface area (Å²) in [6.07, 6.45) is -0.209. The van der Waals surface area contributed by atoms with Gasteiger partial charge in [-0.1, -0.05) is 0 Å². The van der Waals surface area contributed by atoms with E-state index in [0.717, 1.165) is 32.4 Å². The fourth-order valence-corrected chi connectivity index (χ4v) is 4.22. The fraction of sp³-hybridized carbons (Fsp3) is 0.647.